The van der Waals surface area contributed by atoms with E-state index in [0.717, 1.165) is 0 Å². The minimum atomic E-state index is -0.576. The summed E-state index contributed by atoms with van der Waals surface area (Å²) in [5.41, 5.74) is 7.39. The quantitative estimate of drug-likeness (QED) is 0.761. The number of hydrogen-bond donors (Lipinski definition) is 1. The maximum Gasteiger partial charge on any atom is 0.139 e. The molecule has 2 nitrogen and oxygen atoms in total. The zero-order valence-corrected chi connectivity index (χ0v) is 14.3. The van der Waals surface area contributed by atoms with Gasteiger partial charge in [0.1, 0.15) is 11.6 Å². The van der Waals surface area contributed by atoms with E-state index in [1.807, 2.05) is 6.92 Å². The van der Waals surface area contributed by atoms with Crippen LogP contribution < -0.4 is 10.5 Å². The minimum absolute atomic E-state index is 0.379. The van der Waals surface area contributed by atoms with E-state index in [1.165, 1.54) is 6.07 Å². The summed E-state index contributed by atoms with van der Waals surface area (Å²) < 4.78 is 19.4. The SMILES string of the molecule is CCOc1cc(Cl)c(C(N)c2ccc(Br)c(F)c2)cc1Cl. The molecule has 21 heavy (non-hydrogen) atoms. The maximum absolute atomic E-state index is 13.6. The summed E-state index contributed by atoms with van der Waals surface area (Å²) in [6.45, 7) is 2.34. The Kier molecular flexibility index (Phi) is 5.49. The van der Waals surface area contributed by atoms with Gasteiger partial charge in [0.2, 0.25) is 0 Å². The van der Waals surface area contributed by atoms with Crippen LogP contribution in [0, 0.1) is 5.82 Å². The van der Waals surface area contributed by atoms with Crippen molar-refractivity contribution in [1.29, 1.82) is 0 Å². The lowest BCUT2D eigenvalue weighted by atomic mass is 9.99. The van der Waals surface area contributed by atoms with Crippen LogP contribution in [0.3, 0.4) is 0 Å². The van der Waals surface area contributed by atoms with E-state index in [0.29, 0.717) is 38.0 Å². The molecular formula is C15H13BrCl2FNO. The first-order chi connectivity index (χ1) is 9.93. The average molecular weight is 393 g/mol. The number of ether oxygens (including phenoxy) is 1. The highest BCUT2D eigenvalue weighted by Gasteiger charge is 2.17. The molecule has 2 rings (SSSR count). The number of rotatable bonds is 4. The Morgan fingerprint density at radius 1 is 1.24 bits per heavy atom. The summed E-state index contributed by atoms with van der Waals surface area (Å²) in [6.07, 6.45) is 0. The molecule has 112 valence electrons. The lowest BCUT2D eigenvalue weighted by Crippen LogP contribution is -2.13. The second-order valence-corrected chi connectivity index (χ2v) is 6.06. The summed E-state index contributed by atoms with van der Waals surface area (Å²) in [6, 6.07) is 7.41. The molecule has 0 heterocycles. The van der Waals surface area contributed by atoms with Gasteiger partial charge in [-0.2, -0.15) is 0 Å². The number of hydrogen-bond acceptors (Lipinski definition) is 2. The van der Waals surface area contributed by atoms with Gasteiger partial charge in [-0.05, 0) is 52.2 Å². The van der Waals surface area contributed by atoms with Crippen molar-refractivity contribution >= 4 is 39.1 Å². The Morgan fingerprint density at radius 3 is 2.57 bits per heavy atom. The summed E-state index contributed by atoms with van der Waals surface area (Å²) in [4.78, 5) is 0. The first kappa shape index (κ1) is 16.6. The molecular weight excluding hydrogens is 380 g/mol. The molecule has 0 aromatic heterocycles. The van der Waals surface area contributed by atoms with Crippen LogP contribution in [-0.4, -0.2) is 6.61 Å². The van der Waals surface area contributed by atoms with Gasteiger partial charge in [-0.25, -0.2) is 4.39 Å². The van der Waals surface area contributed by atoms with Crippen LogP contribution in [0.5, 0.6) is 5.75 Å². The fraction of sp³-hybridized carbons (Fsp3) is 0.200. The van der Waals surface area contributed by atoms with Crippen molar-refractivity contribution in [3.05, 3.63) is 61.8 Å². The summed E-state index contributed by atoms with van der Waals surface area (Å²) in [7, 11) is 0. The highest BCUT2D eigenvalue weighted by Crippen LogP contribution is 2.36. The van der Waals surface area contributed by atoms with Gasteiger partial charge in [0, 0.05) is 11.1 Å². The Morgan fingerprint density at radius 2 is 1.95 bits per heavy atom. The predicted octanol–water partition coefficient (Wildman–Crippen LogP) is 5.34. The molecule has 0 fully saturated rings. The van der Waals surface area contributed by atoms with Crippen LogP contribution in [0.25, 0.3) is 0 Å². The van der Waals surface area contributed by atoms with Gasteiger partial charge < -0.3 is 10.5 Å². The van der Waals surface area contributed by atoms with Crippen LogP contribution in [-0.2, 0) is 0 Å². The average Bonchev–Trinajstić information content (AvgIpc) is 2.45. The molecule has 0 spiro atoms. The molecule has 0 amide bonds. The summed E-state index contributed by atoms with van der Waals surface area (Å²) in [5.74, 6) is 0.123. The lowest BCUT2D eigenvalue weighted by Gasteiger charge is -2.17. The molecule has 0 saturated heterocycles. The fourth-order valence-corrected chi connectivity index (χ4v) is 2.68. The molecule has 0 aliphatic rings. The van der Waals surface area contributed by atoms with Gasteiger partial charge in [0.15, 0.2) is 0 Å². The first-order valence-electron chi connectivity index (χ1n) is 6.26. The second-order valence-electron chi connectivity index (χ2n) is 4.39. The van der Waals surface area contributed by atoms with E-state index in [1.54, 1.807) is 24.3 Å². The van der Waals surface area contributed by atoms with Gasteiger partial charge >= 0.3 is 0 Å². The molecule has 6 heteroatoms. The molecule has 2 aromatic rings. The highest BCUT2D eigenvalue weighted by molar-refractivity contribution is 9.10. The van der Waals surface area contributed by atoms with Crippen molar-refractivity contribution in [1.82, 2.24) is 0 Å². The molecule has 2 N–H and O–H groups in total. The molecule has 0 saturated carbocycles. The third-order valence-corrected chi connectivity index (χ3v) is 4.25. The van der Waals surface area contributed by atoms with E-state index < -0.39 is 6.04 Å². The third kappa shape index (κ3) is 3.69. The van der Waals surface area contributed by atoms with E-state index in [-0.39, 0.29) is 5.82 Å². The Balaban J connectivity index is 2.40. The van der Waals surface area contributed by atoms with Crippen LogP contribution in [0.1, 0.15) is 24.1 Å². The predicted molar refractivity (Wildman–Crippen MR) is 87.8 cm³/mol. The Hall–Kier alpha value is -0.810. The van der Waals surface area contributed by atoms with Crippen molar-refractivity contribution < 1.29 is 9.13 Å². The fourth-order valence-electron chi connectivity index (χ4n) is 1.93. The molecule has 2 aromatic carbocycles. The number of halogens is 4. The van der Waals surface area contributed by atoms with E-state index in [4.69, 9.17) is 33.7 Å². The minimum Gasteiger partial charge on any atom is -0.492 e. The Labute approximate surface area is 141 Å². The van der Waals surface area contributed by atoms with Gasteiger partial charge in [-0.3, -0.25) is 0 Å². The summed E-state index contributed by atoms with van der Waals surface area (Å²) >= 11 is 15.5. The highest BCUT2D eigenvalue weighted by atomic mass is 79.9. The van der Waals surface area contributed by atoms with Gasteiger partial charge in [0.25, 0.3) is 0 Å². The van der Waals surface area contributed by atoms with Crippen LogP contribution in [0.2, 0.25) is 10.0 Å². The molecule has 1 unspecified atom stereocenters. The maximum atomic E-state index is 13.6. The molecule has 0 bridgehead atoms. The number of nitrogens with two attached hydrogens (primary N) is 1. The van der Waals surface area contributed by atoms with Crippen molar-refractivity contribution in [2.45, 2.75) is 13.0 Å². The van der Waals surface area contributed by atoms with E-state index in [9.17, 15) is 4.39 Å². The smallest absolute Gasteiger partial charge is 0.139 e. The summed E-state index contributed by atoms with van der Waals surface area (Å²) in [5, 5.41) is 0.850. The normalized spacial score (nSPS) is 12.3. The van der Waals surface area contributed by atoms with E-state index >= 15 is 0 Å². The lowest BCUT2D eigenvalue weighted by molar-refractivity contribution is 0.340. The number of benzene rings is 2. The van der Waals surface area contributed by atoms with Crippen molar-refractivity contribution in [3.63, 3.8) is 0 Å². The molecule has 1 atom stereocenters. The van der Waals surface area contributed by atoms with Crippen LogP contribution in [0.4, 0.5) is 4.39 Å². The van der Waals surface area contributed by atoms with Crippen LogP contribution >= 0.6 is 39.1 Å². The molecule has 0 aliphatic carbocycles. The molecule has 0 aliphatic heterocycles. The zero-order valence-electron chi connectivity index (χ0n) is 11.2. The largest absolute Gasteiger partial charge is 0.492 e. The van der Waals surface area contributed by atoms with Crippen molar-refractivity contribution in [2.24, 2.45) is 5.73 Å². The van der Waals surface area contributed by atoms with Gasteiger partial charge in [0.05, 0.1) is 22.1 Å². The van der Waals surface area contributed by atoms with Crippen LogP contribution in [0.15, 0.2) is 34.8 Å². The topological polar surface area (TPSA) is 35.2 Å². The first-order valence-corrected chi connectivity index (χ1v) is 7.81. The zero-order chi connectivity index (χ0) is 15.6. The monoisotopic (exact) mass is 391 g/mol. The van der Waals surface area contributed by atoms with Crippen molar-refractivity contribution in [2.75, 3.05) is 6.61 Å². The molecule has 0 radical (unpaired) electrons. The van der Waals surface area contributed by atoms with Crippen molar-refractivity contribution in [3.8, 4) is 5.75 Å². The third-order valence-electron chi connectivity index (χ3n) is 2.99. The van der Waals surface area contributed by atoms with E-state index in [2.05, 4.69) is 15.9 Å². The van der Waals surface area contributed by atoms with Gasteiger partial charge in [-0.1, -0.05) is 29.3 Å². The Bertz CT molecular complexity index is 666. The standard InChI is InChI=1S/C15H13BrCl2FNO/c1-2-21-14-7-11(17)9(6-12(14)18)15(20)8-3-4-10(16)13(19)5-8/h3-7,15H,2,20H2,1H3. The van der Waals surface area contributed by atoms with Gasteiger partial charge in [-0.15, -0.1) is 0 Å². The second kappa shape index (κ2) is 6.97.